The first-order chi connectivity index (χ1) is 8.85. The first kappa shape index (κ1) is 19.4. The van der Waals surface area contributed by atoms with E-state index in [1.807, 2.05) is 13.8 Å². The molecule has 0 radical (unpaired) electrons. The molecule has 0 unspecified atom stereocenters. The average molecular weight is 300 g/mol. The predicted octanol–water partition coefficient (Wildman–Crippen LogP) is 4.07. The van der Waals surface area contributed by atoms with E-state index in [0.29, 0.717) is 0 Å². The van der Waals surface area contributed by atoms with Crippen molar-refractivity contribution in [3.05, 3.63) is 11.6 Å². The van der Waals surface area contributed by atoms with Crippen molar-refractivity contribution in [3.8, 4) is 0 Å². The molecule has 0 aliphatic heterocycles. The lowest BCUT2D eigenvalue weighted by atomic mass is 9.97. The maximum Gasteiger partial charge on any atom is 0.227 e. The minimum Gasteiger partial charge on any atom is -0.409 e. The molecular weight excluding hydrogens is 266 g/mol. The highest BCUT2D eigenvalue weighted by Crippen LogP contribution is 2.39. The summed E-state index contributed by atoms with van der Waals surface area (Å²) in [5.74, 6) is -0.0368. The van der Waals surface area contributed by atoms with E-state index in [9.17, 15) is 4.79 Å². The molecule has 118 valence electrons. The van der Waals surface area contributed by atoms with Crippen LogP contribution >= 0.6 is 0 Å². The SMILES string of the molecule is C/C=C(\C)[C@H](O[Si](C)(C)C(C)(C)C)[C@@H](C)C(=O)N(C)C. The molecule has 4 heteroatoms. The third-order valence-corrected chi connectivity index (χ3v) is 8.87. The van der Waals surface area contributed by atoms with E-state index in [1.54, 1.807) is 19.0 Å². The summed E-state index contributed by atoms with van der Waals surface area (Å²) < 4.78 is 6.51. The first-order valence-electron chi connectivity index (χ1n) is 7.37. The van der Waals surface area contributed by atoms with Crippen LogP contribution in [0.25, 0.3) is 0 Å². The Morgan fingerprint density at radius 2 is 1.70 bits per heavy atom. The molecule has 20 heavy (non-hydrogen) atoms. The van der Waals surface area contributed by atoms with E-state index in [0.717, 1.165) is 5.57 Å². The van der Waals surface area contributed by atoms with Crippen molar-refractivity contribution >= 4 is 14.2 Å². The van der Waals surface area contributed by atoms with Crippen molar-refractivity contribution in [1.82, 2.24) is 4.90 Å². The van der Waals surface area contributed by atoms with Crippen LogP contribution in [0.15, 0.2) is 11.6 Å². The number of hydrogen-bond acceptors (Lipinski definition) is 2. The lowest BCUT2D eigenvalue weighted by Crippen LogP contribution is -2.48. The second-order valence-electron chi connectivity index (χ2n) is 7.35. The number of rotatable bonds is 5. The maximum absolute atomic E-state index is 12.3. The van der Waals surface area contributed by atoms with Crippen LogP contribution in [0.5, 0.6) is 0 Å². The molecule has 1 amide bonds. The van der Waals surface area contributed by atoms with Gasteiger partial charge in [-0.1, -0.05) is 33.8 Å². The molecule has 0 saturated heterocycles. The minimum atomic E-state index is -1.90. The van der Waals surface area contributed by atoms with Gasteiger partial charge in [0.1, 0.15) is 0 Å². The van der Waals surface area contributed by atoms with E-state index in [-0.39, 0.29) is 23.0 Å². The molecule has 0 saturated carbocycles. The van der Waals surface area contributed by atoms with Crippen LogP contribution in [0.2, 0.25) is 18.1 Å². The van der Waals surface area contributed by atoms with Gasteiger partial charge in [0.05, 0.1) is 12.0 Å². The predicted molar refractivity (Wildman–Crippen MR) is 89.4 cm³/mol. The van der Waals surface area contributed by atoms with Crippen molar-refractivity contribution < 1.29 is 9.22 Å². The molecule has 2 atom stereocenters. The second kappa shape index (κ2) is 6.90. The van der Waals surface area contributed by atoms with Crippen LogP contribution in [-0.2, 0) is 9.22 Å². The first-order valence-corrected chi connectivity index (χ1v) is 10.3. The van der Waals surface area contributed by atoms with Gasteiger partial charge < -0.3 is 9.33 Å². The molecule has 0 aliphatic carbocycles. The molecular formula is C16H33NO2Si. The van der Waals surface area contributed by atoms with Crippen LogP contribution in [0.4, 0.5) is 0 Å². The van der Waals surface area contributed by atoms with Crippen molar-refractivity contribution in [1.29, 1.82) is 0 Å². The minimum absolute atomic E-state index is 0.120. The van der Waals surface area contributed by atoms with Gasteiger partial charge in [0.15, 0.2) is 8.32 Å². The zero-order valence-corrected chi connectivity index (χ0v) is 16.0. The Labute approximate surface area is 126 Å². The summed E-state index contributed by atoms with van der Waals surface area (Å²) in [6, 6.07) is 0. The van der Waals surface area contributed by atoms with Crippen LogP contribution in [0.3, 0.4) is 0 Å². The maximum atomic E-state index is 12.3. The highest BCUT2D eigenvalue weighted by Gasteiger charge is 2.41. The summed E-state index contributed by atoms with van der Waals surface area (Å²) in [6.07, 6.45) is 1.92. The normalized spacial score (nSPS) is 16.8. The fourth-order valence-corrected chi connectivity index (χ4v) is 3.16. The van der Waals surface area contributed by atoms with Crippen molar-refractivity contribution in [3.63, 3.8) is 0 Å². The molecule has 0 heterocycles. The Bertz CT molecular complexity index is 367. The molecule has 0 rings (SSSR count). The Kier molecular flexibility index (Phi) is 6.69. The van der Waals surface area contributed by atoms with E-state index < -0.39 is 8.32 Å². The van der Waals surface area contributed by atoms with Crippen LogP contribution < -0.4 is 0 Å². The summed E-state index contributed by atoms with van der Waals surface area (Å²) >= 11 is 0. The Balaban J connectivity index is 5.36. The van der Waals surface area contributed by atoms with Crippen molar-refractivity contribution in [2.24, 2.45) is 5.92 Å². The summed E-state index contributed by atoms with van der Waals surface area (Å²) in [7, 11) is 1.70. The van der Waals surface area contributed by atoms with Crippen molar-refractivity contribution in [2.75, 3.05) is 14.1 Å². The van der Waals surface area contributed by atoms with Gasteiger partial charge in [-0.2, -0.15) is 0 Å². The van der Waals surface area contributed by atoms with Crippen molar-refractivity contribution in [2.45, 2.75) is 65.8 Å². The fourth-order valence-electron chi connectivity index (χ4n) is 1.78. The van der Waals surface area contributed by atoms with E-state index >= 15 is 0 Å². The Morgan fingerprint density at radius 3 is 2.00 bits per heavy atom. The lowest BCUT2D eigenvalue weighted by molar-refractivity contribution is -0.134. The Hall–Kier alpha value is -0.613. The summed E-state index contributed by atoms with van der Waals surface area (Å²) in [5, 5.41) is 0.139. The van der Waals surface area contributed by atoms with Gasteiger partial charge in [0.25, 0.3) is 0 Å². The van der Waals surface area contributed by atoms with Gasteiger partial charge in [-0.15, -0.1) is 0 Å². The van der Waals surface area contributed by atoms with Gasteiger partial charge in [-0.3, -0.25) is 4.79 Å². The molecule has 0 aliphatic rings. The standard InChI is InChI=1S/C16H33NO2Si/c1-11-12(2)14(13(3)15(18)17(7)8)19-20(9,10)16(4,5)6/h11,13-14H,1-10H3/b12-11+/t13-,14+/m1/s1. The molecule has 3 nitrogen and oxygen atoms in total. The van der Waals surface area contributed by atoms with Crippen LogP contribution in [-0.4, -0.2) is 39.3 Å². The second-order valence-corrected chi connectivity index (χ2v) is 12.1. The monoisotopic (exact) mass is 299 g/mol. The van der Waals surface area contributed by atoms with E-state index in [1.165, 1.54) is 0 Å². The highest BCUT2D eigenvalue weighted by atomic mass is 28.4. The summed E-state index contributed by atoms with van der Waals surface area (Å²) in [5.41, 5.74) is 1.14. The zero-order valence-electron chi connectivity index (χ0n) is 15.0. The summed E-state index contributed by atoms with van der Waals surface area (Å²) in [4.78, 5) is 13.9. The Morgan fingerprint density at radius 1 is 1.25 bits per heavy atom. The van der Waals surface area contributed by atoms with Gasteiger partial charge in [-0.25, -0.2) is 0 Å². The fraction of sp³-hybridized carbons (Fsp3) is 0.812. The van der Waals surface area contributed by atoms with Gasteiger partial charge >= 0.3 is 0 Å². The number of hydrogen-bond donors (Lipinski definition) is 0. The molecule has 0 fully saturated rings. The van der Waals surface area contributed by atoms with E-state index in [4.69, 9.17) is 4.43 Å². The topological polar surface area (TPSA) is 29.5 Å². The molecule has 0 aromatic heterocycles. The number of allylic oxidation sites excluding steroid dienone is 1. The average Bonchev–Trinajstić information content (AvgIpc) is 2.31. The number of amides is 1. The van der Waals surface area contributed by atoms with Crippen LogP contribution in [0.1, 0.15) is 41.5 Å². The number of carbonyl (C=O) groups excluding carboxylic acids is 1. The lowest BCUT2D eigenvalue weighted by Gasteiger charge is -2.41. The van der Waals surface area contributed by atoms with Crippen LogP contribution in [0, 0.1) is 5.92 Å². The molecule has 0 spiro atoms. The van der Waals surface area contributed by atoms with Gasteiger partial charge in [-0.05, 0) is 37.6 Å². The molecule has 0 N–H and O–H groups in total. The third kappa shape index (κ3) is 4.74. The largest absolute Gasteiger partial charge is 0.409 e. The van der Waals surface area contributed by atoms with E-state index in [2.05, 4.69) is 46.9 Å². The third-order valence-electron chi connectivity index (χ3n) is 4.42. The highest BCUT2D eigenvalue weighted by molar-refractivity contribution is 6.74. The zero-order chi connectivity index (χ0) is 16.3. The smallest absolute Gasteiger partial charge is 0.227 e. The van der Waals surface area contributed by atoms with Gasteiger partial charge in [0, 0.05) is 14.1 Å². The quantitative estimate of drug-likeness (QED) is 0.566. The summed E-state index contributed by atoms with van der Waals surface area (Å²) in [6.45, 7) is 17.2. The molecule has 0 aromatic rings. The van der Waals surface area contributed by atoms with Gasteiger partial charge in [0.2, 0.25) is 5.91 Å². The molecule has 0 aromatic carbocycles. The number of carbonyl (C=O) groups is 1. The molecule has 0 bridgehead atoms. The number of nitrogens with zero attached hydrogens (tertiary/aromatic N) is 1.